The normalized spacial score (nSPS) is 10.8. The Balaban J connectivity index is 1.76. The highest BCUT2D eigenvalue weighted by Gasteiger charge is 2.25. The number of thiazole rings is 1. The van der Waals surface area contributed by atoms with Crippen molar-refractivity contribution < 1.29 is 27.2 Å². The van der Waals surface area contributed by atoms with Crippen molar-refractivity contribution in [1.82, 2.24) is 9.88 Å². The molecule has 30 heavy (non-hydrogen) atoms. The van der Waals surface area contributed by atoms with Gasteiger partial charge in [-0.1, -0.05) is 6.92 Å². The molecule has 0 spiro atoms. The SMILES string of the molecule is CCCN(CC(=O)Nc1ccc(F)c(F)c1F)C(=O)c1nc(-c2ccco2)sc1C. The molecule has 1 aromatic carbocycles. The first-order valence-electron chi connectivity index (χ1n) is 9.05. The smallest absolute Gasteiger partial charge is 0.274 e. The molecule has 2 aromatic heterocycles. The van der Waals surface area contributed by atoms with Crippen molar-refractivity contribution in [2.45, 2.75) is 20.3 Å². The minimum atomic E-state index is -1.68. The quantitative estimate of drug-likeness (QED) is 0.548. The van der Waals surface area contributed by atoms with Crippen LogP contribution in [0.3, 0.4) is 0 Å². The van der Waals surface area contributed by atoms with Gasteiger partial charge in [0.1, 0.15) is 12.2 Å². The first kappa shape index (κ1) is 21.6. The van der Waals surface area contributed by atoms with E-state index >= 15 is 0 Å². The van der Waals surface area contributed by atoms with Gasteiger partial charge in [-0.2, -0.15) is 0 Å². The van der Waals surface area contributed by atoms with Gasteiger partial charge in [0, 0.05) is 11.4 Å². The maximum atomic E-state index is 13.8. The van der Waals surface area contributed by atoms with Crippen LogP contribution in [0.4, 0.5) is 18.9 Å². The van der Waals surface area contributed by atoms with Crippen LogP contribution in [-0.2, 0) is 4.79 Å². The number of halogens is 3. The van der Waals surface area contributed by atoms with E-state index in [9.17, 15) is 22.8 Å². The molecule has 0 radical (unpaired) electrons. The third-order valence-corrected chi connectivity index (χ3v) is 5.14. The number of nitrogens with zero attached hydrogens (tertiary/aromatic N) is 2. The van der Waals surface area contributed by atoms with Crippen molar-refractivity contribution in [3.05, 3.63) is 58.6 Å². The van der Waals surface area contributed by atoms with Gasteiger partial charge >= 0.3 is 0 Å². The van der Waals surface area contributed by atoms with Gasteiger partial charge < -0.3 is 14.6 Å². The molecular formula is C20H18F3N3O3S. The fourth-order valence-corrected chi connectivity index (χ4v) is 3.63. The second-order valence-corrected chi connectivity index (χ2v) is 7.60. The maximum Gasteiger partial charge on any atom is 0.274 e. The highest BCUT2D eigenvalue weighted by Crippen LogP contribution is 2.28. The minimum absolute atomic E-state index is 0.187. The largest absolute Gasteiger partial charge is 0.462 e. The molecule has 3 rings (SSSR count). The molecule has 10 heteroatoms. The Morgan fingerprint density at radius 1 is 1.20 bits per heavy atom. The number of rotatable bonds is 7. The number of furan rings is 1. The lowest BCUT2D eigenvalue weighted by Gasteiger charge is -2.21. The first-order valence-corrected chi connectivity index (χ1v) is 9.87. The highest BCUT2D eigenvalue weighted by atomic mass is 32.1. The Hall–Kier alpha value is -3.14. The van der Waals surface area contributed by atoms with Crippen LogP contribution in [0.2, 0.25) is 0 Å². The Bertz CT molecular complexity index is 1070. The number of benzene rings is 1. The van der Waals surface area contributed by atoms with Gasteiger partial charge in [0.05, 0.1) is 12.0 Å². The van der Waals surface area contributed by atoms with E-state index in [1.54, 1.807) is 19.1 Å². The van der Waals surface area contributed by atoms with Gasteiger partial charge in [-0.25, -0.2) is 18.2 Å². The summed E-state index contributed by atoms with van der Waals surface area (Å²) in [6.45, 7) is 3.41. The molecular weight excluding hydrogens is 419 g/mol. The van der Waals surface area contributed by atoms with Crippen LogP contribution in [0.1, 0.15) is 28.7 Å². The number of amides is 2. The van der Waals surface area contributed by atoms with Gasteiger partial charge in [0.2, 0.25) is 5.91 Å². The van der Waals surface area contributed by atoms with E-state index in [0.717, 1.165) is 6.07 Å². The molecule has 0 fully saturated rings. The molecule has 1 N–H and O–H groups in total. The van der Waals surface area contributed by atoms with Crippen molar-refractivity contribution >= 4 is 28.8 Å². The summed E-state index contributed by atoms with van der Waals surface area (Å²) >= 11 is 1.28. The number of anilines is 1. The van der Waals surface area contributed by atoms with Gasteiger partial charge in [0.15, 0.2) is 28.2 Å². The number of aryl methyl sites for hydroxylation is 1. The van der Waals surface area contributed by atoms with Crippen LogP contribution >= 0.6 is 11.3 Å². The van der Waals surface area contributed by atoms with Crippen molar-refractivity contribution in [2.75, 3.05) is 18.4 Å². The average Bonchev–Trinajstić information content (AvgIpc) is 3.37. The van der Waals surface area contributed by atoms with Gasteiger partial charge in [-0.15, -0.1) is 11.3 Å². The predicted molar refractivity (Wildman–Crippen MR) is 106 cm³/mol. The Morgan fingerprint density at radius 3 is 2.63 bits per heavy atom. The molecule has 6 nitrogen and oxygen atoms in total. The number of hydrogen-bond donors (Lipinski definition) is 1. The summed E-state index contributed by atoms with van der Waals surface area (Å²) in [5, 5.41) is 2.70. The van der Waals surface area contributed by atoms with E-state index in [1.165, 1.54) is 22.5 Å². The van der Waals surface area contributed by atoms with Crippen LogP contribution in [0, 0.1) is 24.4 Å². The van der Waals surface area contributed by atoms with Gasteiger partial charge in [-0.05, 0) is 37.6 Å². The van der Waals surface area contributed by atoms with Crippen LogP contribution in [-0.4, -0.2) is 34.8 Å². The molecule has 158 valence electrons. The number of aromatic nitrogens is 1. The molecule has 0 atom stereocenters. The standard InChI is InChI=1S/C20H18F3N3O3S/c1-3-8-26(10-15(27)24-13-7-6-12(21)16(22)17(13)23)20(28)18-11(2)30-19(25-18)14-5-4-9-29-14/h4-7,9H,3,8,10H2,1-2H3,(H,24,27). The number of hydrogen-bond acceptors (Lipinski definition) is 5. The molecule has 0 aliphatic carbocycles. The van der Waals surface area contributed by atoms with E-state index in [2.05, 4.69) is 10.3 Å². The molecule has 0 saturated heterocycles. The van der Waals surface area contributed by atoms with Gasteiger partial charge in [0.25, 0.3) is 5.91 Å². The summed E-state index contributed by atoms with van der Waals surface area (Å²) in [5.74, 6) is -5.24. The van der Waals surface area contributed by atoms with Gasteiger partial charge in [-0.3, -0.25) is 9.59 Å². The van der Waals surface area contributed by atoms with Crippen LogP contribution in [0.25, 0.3) is 10.8 Å². The van der Waals surface area contributed by atoms with Crippen LogP contribution < -0.4 is 5.32 Å². The molecule has 2 amide bonds. The molecule has 0 bridgehead atoms. The number of nitrogens with one attached hydrogen (secondary N) is 1. The topological polar surface area (TPSA) is 75.4 Å². The number of carbonyl (C=O) groups is 2. The summed E-state index contributed by atoms with van der Waals surface area (Å²) in [4.78, 5) is 31.6. The molecule has 0 unspecified atom stereocenters. The summed E-state index contributed by atoms with van der Waals surface area (Å²) in [5.41, 5.74) is -0.320. The minimum Gasteiger partial charge on any atom is -0.462 e. The zero-order valence-electron chi connectivity index (χ0n) is 16.2. The lowest BCUT2D eigenvalue weighted by atomic mass is 10.2. The summed E-state index contributed by atoms with van der Waals surface area (Å²) < 4.78 is 45.5. The Kier molecular flexibility index (Phi) is 6.56. The van der Waals surface area contributed by atoms with Crippen molar-refractivity contribution in [2.24, 2.45) is 0 Å². The molecule has 3 aromatic rings. The second kappa shape index (κ2) is 9.12. The molecule has 2 heterocycles. The van der Waals surface area contributed by atoms with Crippen LogP contribution in [0.5, 0.6) is 0 Å². The van der Waals surface area contributed by atoms with E-state index in [4.69, 9.17) is 4.42 Å². The Morgan fingerprint density at radius 2 is 1.97 bits per heavy atom. The summed E-state index contributed by atoms with van der Waals surface area (Å²) in [6.07, 6.45) is 2.06. The van der Waals surface area contributed by atoms with Crippen molar-refractivity contribution in [3.63, 3.8) is 0 Å². The molecule has 0 saturated carbocycles. The van der Waals surface area contributed by atoms with Crippen LogP contribution in [0.15, 0.2) is 34.9 Å². The molecule has 0 aliphatic rings. The average molecular weight is 437 g/mol. The fourth-order valence-electron chi connectivity index (χ4n) is 2.76. The monoisotopic (exact) mass is 437 g/mol. The number of carbonyl (C=O) groups excluding carboxylic acids is 2. The van der Waals surface area contributed by atoms with E-state index in [0.29, 0.717) is 28.1 Å². The van der Waals surface area contributed by atoms with E-state index in [1.807, 2.05) is 6.92 Å². The Labute approximate surface area is 174 Å². The van der Waals surface area contributed by atoms with Crippen molar-refractivity contribution in [1.29, 1.82) is 0 Å². The van der Waals surface area contributed by atoms with Crippen molar-refractivity contribution in [3.8, 4) is 10.8 Å². The summed E-state index contributed by atoms with van der Waals surface area (Å²) in [6, 6.07) is 5.05. The third-order valence-electron chi connectivity index (χ3n) is 4.16. The van der Waals surface area contributed by atoms with E-state index < -0.39 is 41.5 Å². The zero-order chi connectivity index (χ0) is 21.8. The lowest BCUT2D eigenvalue weighted by Crippen LogP contribution is -2.39. The maximum absolute atomic E-state index is 13.8. The fraction of sp³-hybridized carbons (Fsp3) is 0.250. The third kappa shape index (κ3) is 4.54. The first-order chi connectivity index (χ1) is 14.3. The second-order valence-electron chi connectivity index (χ2n) is 6.40. The summed E-state index contributed by atoms with van der Waals surface area (Å²) in [7, 11) is 0. The predicted octanol–water partition coefficient (Wildman–Crippen LogP) is 4.62. The lowest BCUT2D eigenvalue weighted by molar-refractivity contribution is -0.116. The van der Waals surface area contributed by atoms with E-state index in [-0.39, 0.29) is 12.2 Å². The zero-order valence-corrected chi connectivity index (χ0v) is 17.0. The highest BCUT2D eigenvalue weighted by molar-refractivity contribution is 7.15. The molecule has 0 aliphatic heterocycles.